The molecule has 0 unspecified atom stereocenters. The lowest BCUT2D eigenvalue weighted by molar-refractivity contribution is -0.850. The van der Waals surface area contributed by atoms with Gasteiger partial charge in [0.2, 0.25) is 0 Å². The van der Waals surface area contributed by atoms with E-state index in [1.807, 2.05) is 6.92 Å². The molecule has 54 valence electrons. The van der Waals surface area contributed by atoms with Crippen LogP contribution in [0.5, 0.6) is 0 Å². The Bertz CT molecular complexity index is 84.6. The molecule has 0 N–H and O–H groups in total. The topological polar surface area (TPSA) is 61.6 Å². The number of nitrogens with zero attached hydrogens (tertiary/aromatic N) is 1. The second-order valence-corrected chi connectivity index (χ2v) is 1.47. The molecular formula is C4H9NO4. The van der Waals surface area contributed by atoms with Gasteiger partial charge in [-0.25, -0.2) is 0 Å². The maximum absolute atomic E-state index is 9.42. The van der Waals surface area contributed by atoms with Crippen LogP contribution in [0.2, 0.25) is 0 Å². The van der Waals surface area contributed by atoms with Crippen molar-refractivity contribution in [3.8, 4) is 0 Å². The van der Waals surface area contributed by atoms with Crippen molar-refractivity contribution >= 4 is 0 Å². The first kappa shape index (κ1) is 8.16. The molecule has 0 aliphatic heterocycles. The molecule has 0 aliphatic carbocycles. The van der Waals surface area contributed by atoms with Gasteiger partial charge >= 0.3 is 5.09 Å². The lowest BCUT2D eigenvalue weighted by Crippen LogP contribution is -2.02. The van der Waals surface area contributed by atoms with Gasteiger partial charge in [-0.1, -0.05) is 13.3 Å². The molecule has 0 aromatic rings. The van der Waals surface area contributed by atoms with Crippen LogP contribution in [-0.2, 0) is 9.88 Å². The van der Waals surface area contributed by atoms with Gasteiger partial charge in [0.05, 0.1) is 6.61 Å². The first-order valence-electron chi connectivity index (χ1n) is 2.71. The molecular weight excluding hydrogens is 126 g/mol. The summed E-state index contributed by atoms with van der Waals surface area (Å²) in [7, 11) is 0. The lowest BCUT2D eigenvalue weighted by atomic mass is 10.4. The standard InChI is InChI=1S/C4H9NO4/c1-2-3-4-8-9-5(6)7/h2-4H2,1H3. The third kappa shape index (κ3) is 7.16. The third-order valence-corrected chi connectivity index (χ3v) is 0.695. The Labute approximate surface area is 52.6 Å². The first-order valence-corrected chi connectivity index (χ1v) is 2.71. The highest BCUT2D eigenvalue weighted by Gasteiger charge is 1.92. The molecule has 9 heavy (non-hydrogen) atoms. The van der Waals surface area contributed by atoms with Gasteiger partial charge in [0.25, 0.3) is 0 Å². The molecule has 0 amide bonds. The van der Waals surface area contributed by atoms with Gasteiger partial charge in [-0.15, -0.1) is 15.1 Å². The van der Waals surface area contributed by atoms with E-state index in [1.165, 1.54) is 0 Å². The van der Waals surface area contributed by atoms with E-state index in [1.54, 1.807) is 0 Å². The summed E-state index contributed by atoms with van der Waals surface area (Å²) in [4.78, 5) is 17.1. The average Bonchev–Trinajstić information content (AvgIpc) is 1.80. The van der Waals surface area contributed by atoms with E-state index in [9.17, 15) is 10.1 Å². The Morgan fingerprint density at radius 3 is 2.78 bits per heavy atom. The van der Waals surface area contributed by atoms with Crippen molar-refractivity contribution in [2.24, 2.45) is 0 Å². The van der Waals surface area contributed by atoms with Gasteiger partial charge < -0.3 is 0 Å². The SMILES string of the molecule is CCCCOO[N+](=O)[O-]. The molecule has 0 saturated heterocycles. The van der Waals surface area contributed by atoms with E-state index >= 15 is 0 Å². The number of hydrogen-bond acceptors (Lipinski definition) is 4. The second-order valence-electron chi connectivity index (χ2n) is 1.47. The number of rotatable bonds is 5. The van der Waals surface area contributed by atoms with Crippen LogP contribution < -0.4 is 0 Å². The fraction of sp³-hybridized carbons (Fsp3) is 1.00. The van der Waals surface area contributed by atoms with Gasteiger partial charge in [0.15, 0.2) is 0 Å². The van der Waals surface area contributed by atoms with Crippen molar-refractivity contribution in [2.75, 3.05) is 6.61 Å². The minimum atomic E-state index is -0.977. The van der Waals surface area contributed by atoms with E-state index < -0.39 is 5.09 Å². The largest absolute Gasteiger partial charge is 0.322 e. The summed E-state index contributed by atoms with van der Waals surface area (Å²) in [6, 6.07) is 0. The van der Waals surface area contributed by atoms with Gasteiger partial charge in [-0.3, -0.25) is 0 Å². The predicted octanol–water partition coefficient (Wildman–Crippen LogP) is 0.926. The third-order valence-electron chi connectivity index (χ3n) is 0.695. The van der Waals surface area contributed by atoms with Crippen molar-refractivity contribution in [3.63, 3.8) is 0 Å². The Morgan fingerprint density at radius 1 is 1.67 bits per heavy atom. The van der Waals surface area contributed by atoms with Crippen LogP contribution in [0.4, 0.5) is 0 Å². The quantitative estimate of drug-likeness (QED) is 0.243. The molecule has 5 nitrogen and oxygen atoms in total. The monoisotopic (exact) mass is 135 g/mol. The van der Waals surface area contributed by atoms with E-state index in [0.717, 1.165) is 12.8 Å². The highest BCUT2D eigenvalue weighted by Crippen LogP contribution is 1.87. The van der Waals surface area contributed by atoms with E-state index in [2.05, 4.69) is 9.88 Å². The van der Waals surface area contributed by atoms with Crippen LogP contribution in [0, 0.1) is 10.1 Å². The zero-order valence-electron chi connectivity index (χ0n) is 5.20. The van der Waals surface area contributed by atoms with Crippen molar-refractivity contribution in [1.82, 2.24) is 0 Å². The molecule has 0 radical (unpaired) electrons. The predicted molar refractivity (Wildman–Crippen MR) is 28.9 cm³/mol. The first-order chi connectivity index (χ1) is 4.27. The van der Waals surface area contributed by atoms with Crippen molar-refractivity contribution in [3.05, 3.63) is 10.1 Å². The second kappa shape index (κ2) is 5.30. The maximum atomic E-state index is 9.42. The minimum Gasteiger partial charge on any atom is -0.199 e. The van der Waals surface area contributed by atoms with E-state index in [-0.39, 0.29) is 6.61 Å². The summed E-state index contributed by atoms with van der Waals surface area (Å²) in [5, 5.41) is 8.44. The lowest BCUT2D eigenvalue weighted by Gasteiger charge is -1.94. The van der Waals surface area contributed by atoms with Crippen LogP contribution in [0.15, 0.2) is 0 Å². The summed E-state index contributed by atoms with van der Waals surface area (Å²) >= 11 is 0. The zero-order chi connectivity index (χ0) is 7.11. The normalized spacial score (nSPS) is 9.00. The summed E-state index contributed by atoms with van der Waals surface area (Å²) < 4.78 is 0. The fourth-order valence-corrected chi connectivity index (χ4v) is 0.284. The minimum absolute atomic E-state index is 0.275. The van der Waals surface area contributed by atoms with Crippen LogP contribution in [-0.4, -0.2) is 11.7 Å². The Hall–Kier alpha value is -0.840. The Kier molecular flexibility index (Phi) is 4.81. The smallest absolute Gasteiger partial charge is 0.199 e. The summed E-state index contributed by atoms with van der Waals surface area (Å²) in [5.74, 6) is 0. The van der Waals surface area contributed by atoms with E-state index in [0.29, 0.717) is 0 Å². The molecule has 0 saturated carbocycles. The summed E-state index contributed by atoms with van der Waals surface area (Å²) in [6.07, 6.45) is 1.70. The van der Waals surface area contributed by atoms with Crippen molar-refractivity contribution in [1.29, 1.82) is 0 Å². The van der Waals surface area contributed by atoms with Crippen LogP contribution in [0.3, 0.4) is 0 Å². The van der Waals surface area contributed by atoms with Crippen molar-refractivity contribution < 1.29 is 15.0 Å². The molecule has 0 aromatic heterocycles. The highest BCUT2D eigenvalue weighted by molar-refractivity contribution is 4.25. The summed E-state index contributed by atoms with van der Waals surface area (Å²) in [5.41, 5.74) is 0. The van der Waals surface area contributed by atoms with Gasteiger partial charge in [0.1, 0.15) is 0 Å². The average molecular weight is 135 g/mol. The number of hydrogen-bond donors (Lipinski definition) is 0. The Morgan fingerprint density at radius 2 is 2.33 bits per heavy atom. The van der Waals surface area contributed by atoms with Gasteiger partial charge in [-0.2, -0.15) is 4.89 Å². The molecule has 0 fully saturated rings. The zero-order valence-corrected chi connectivity index (χ0v) is 5.20. The Balaban J connectivity index is 2.83. The van der Waals surface area contributed by atoms with Crippen LogP contribution in [0.25, 0.3) is 0 Å². The molecule has 0 atom stereocenters. The molecule has 0 aromatic carbocycles. The molecule has 0 spiro atoms. The van der Waals surface area contributed by atoms with E-state index in [4.69, 9.17) is 0 Å². The fourth-order valence-electron chi connectivity index (χ4n) is 0.284. The molecule has 0 rings (SSSR count). The molecule has 0 bridgehead atoms. The highest BCUT2D eigenvalue weighted by atomic mass is 17.3. The summed E-state index contributed by atoms with van der Waals surface area (Å²) in [6.45, 7) is 2.23. The van der Waals surface area contributed by atoms with Crippen molar-refractivity contribution in [2.45, 2.75) is 19.8 Å². The van der Waals surface area contributed by atoms with Gasteiger partial charge in [-0.05, 0) is 6.42 Å². The maximum Gasteiger partial charge on any atom is 0.322 e. The van der Waals surface area contributed by atoms with Crippen LogP contribution in [0.1, 0.15) is 19.8 Å². The molecule has 0 aliphatic rings. The van der Waals surface area contributed by atoms with Gasteiger partial charge in [0, 0.05) is 0 Å². The number of unbranched alkanes of at least 4 members (excludes halogenated alkanes) is 1. The van der Waals surface area contributed by atoms with Crippen LogP contribution >= 0.6 is 0 Å². The molecule has 0 heterocycles. The molecule has 5 heteroatoms.